The van der Waals surface area contributed by atoms with E-state index in [1.807, 2.05) is 19.1 Å². The second-order valence-electron chi connectivity index (χ2n) is 5.07. The zero-order valence-corrected chi connectivity index (χ0v) is 15.4. The number of hydrogen-bond acceptors (Lipinski definition) is 5. The lowest BCUT2D eigenvalue weighted by atomic mass is 10.1. The number of rotatable bonds is 6. The molecule has 0 aliphatic carbocycles. The number of hydrogen-bond donors (Lipinski definition) is 1. The van der Waals surface area contributed by atoms with E-state index in [0.717, 1.165) is 11.1 Å². The van der Waals surface area contributed by atoms with Crippen molar-refractivity contribution in [2.24, 2.45) is 5.10 Å². The molecule has 2 aromatic carbocycles. The van der Waals surface area contributed by atoms with Crippen molar-refractivity contribution in [3.63, 3.8) is 0 Å². The highest BCUT2D eigenvalue weighted by Crippen LogP contribution is 2.25. The molecule has 0 aliphatic rings. The van der Waals surface area contributed by atoms with Crippen molar-refractivity contribution in [3.8, 4) is 5.75 Å². The van der Waals surface area contributed by atoms with Gasteiger partial charge in [-0.3, -0.25) is 4.79 Å². The number of carbonyl (C=O) groups is 2. The molecule has 2 aromatic rings. The normalized spacial score (nSPS) is 10.5. The highest BCUT2D eigenvalue weighted by Gasteiger charge is 2.07. The maximum Gasteiger partial charge on any atom is 0.343 e. The van der Waals surface area contributed by atoms with Gasteiger partial charge in [-0.1, -0.05) is 18.2 Å². The smallest absolute Gasteiger partial charge is 0.343 e. The minimum Gasteiger partial charge on any atom is -0.481 e. The molecule has 25 heavy (non-hydrogen) atoms. The van der Waals surface area contributed by atoms with Crippen LogP contribution in [0.25, 0.3) is 0 Å². The third kappa shape index (κ3) is 5.42. The van der Waals surface area contributed by atoms with E-state index < -0.39 is 5.97 Å². The molecule has 0 heterocycles. The van der Waals surface area contributed by atoms with Gasteiger partial charge in [-0.25, -0.2) is 10.2 Å². The molecule has 0 unspecified atom stereocenters. The first kappa shape index (κ1) is 18.7. The highest BCUT2D eigenvalue weighted by atomic mass is 79.9. The fourth-order valence-electron chi connectivity index (χ4n) is 1.96. The summed E-state index contributed by atoms with van der Waals surface area (Å²) in [7, 11) is 1.30. The molecule has 0 atom stereocenters. The van der Waals surface area contributed by atoms with Gasteiger partial charge in [0.2, 0.25) is 0 Å². The van der Waals surface area contributed by atoms with Crippen LogP contribution in [0.2, 0.25) is 0 Å². The van der Waals surface area contributed by atoms with Crippen molar-refractivity contribution >= 4 is 34.0 Å². The summed E-state index contributed by atoms with van der Waals surface area (Å²) in [5.41, 5.74) is 4.70. The molecule has 6 nitrogen and oxygen atoms in total. The predicted molar refractivity (Wildman–Crippen MR) is 97.9 cm³/mol. The van der Waals surface area contributed by atoms with E-state index in [1.54, 1.807) is 30.3 Å². The molecule has 0 saturated heterocycles. The maximum atomic E-state index is 12.1. The number of halogens is 1. The van der Waals surface area contributed by atoms with E-state index in [1.165, 1.54) is 13.3 Å². The molecule has 7 heteroatoms. The number of methoxy groups -OCH3 is 1. The fourth-order valence-corrected chi connectivity index (χ4v) is 2.47. The monoisotopic (exact) mass is 404 g/mol. The van der Waals surface area contributed by atoms with Gasteiger partial charge in [-0.05, 0) is 58.2 Å². The molecule has 0 fully saturated rings. The summed E-state index contributed by atoms with van der Waals surface area (Å²) < 4.78 is 10.5. The minimum atomic E-state index is -0.462. The Balaban J connectivity index is 1.97. The van der Waals surface area contributed by atoms with Gasteiger partial charge in [0.1, 0.15) is 5.75 Å². The van der Waals surface area contributed by atoms with E-state index in [0.29, 0.717) is 15.8 Å². The third-order valence-corrected chi connectivity index (χ3v) is 3.92. The number of esters is 1. The van der Waals surface area contributed by atoms with E-state index in [4.69, 9.17) is 4.74 Å². The van der Waals surface area contributed by atoms with Crippen LogP contribution in [0.15, 0.2) is 52.0 Å². The summed E-state index contributed by atoms with van der Waals surface area (Å²) in [5, 5.41) is 3.96. The molecule has 2 rings (SSSR count). The quantitative estimate of drug-likeness (QED) is 0.455. The first-order valence-corrected chi connectivity index (χ1v) is 8.18. The third-order valence-electron chi connectivity index (χ3n) is 3.30. The minimum absolute atomic E-state index is 0.172. The SMILES string of the molecule is COC(=O)COc1ccc(/C=N/NC(=O)c2ccccc2C)cc1Br. The summed E-state index contributed by atoms with van der Waals surface area (Å²) in [6.45, 7) is 1.69. The number of aryl methyl sites for hydroxylation is 1. The lowest BCUT2D eigenvalue weighted by Gasteiger charge is -2.07. The molecule has 0 bridgehead atoms. The van der Waals surface area contributed by atoms with E-state index in [-0.39, 0.29) is 12.5 Å². The van der Waals surface area contributed by atoms with Crippen LogP contribution in [0.4, 0.5) is 0 Å². The van der Waals surface area contributed by atoms with Crippen molar-refractivity contribution < 1.29 is 19.1 Å². The van der Waals surface area contributed by atoms with Crippen LogP contribution in [0, 0.1) is 6.92 Å². The first-order chi connectivity index (χ1) is 12.0. The molecule has 0 aliphatic heterocycles. The molecule has 0 aromatic heterocycles. The summed E-state index contributed by atoms with van der Waals surface area (Å²) >= 11 is 3.36. The Kier molecular flexibility index (Phi) is 6.71. The Hall–Kier alpha value is -2.67. The number of amides is 1. The summed E-state index contributed by atoms with van der Waals surface area (Å²) in [6, 6.07) is 12.5. The molecular formula is C18H17BrN2O4. The number of nitrogens with one attached hydrogen (secondary N) is 1. The van der Waals surface area contributed by atoms with Gasteiger partial charge in [0.25, 0.3) is 5.91 Å². The van der Waals surface area contributed by atoms with Crippen molar-refractivity contribution in [1.82, 2.24) is 5.43 Å². The lowest BCUT2D eigenvalue weighted by Crippen LogP contribution is -2.18. The average Bonchev–Trinajstić information content (AvgIpc) is 2.61. The first-order valence-electron chi connectivity index (χ1n) is 7.39. The van der Waals surface area contributed by atoms with Crippen LogP contribution in [0.1, 0.15) is 21.5 Å². The molecule has 0 spiro atoms. The topological polar surface area (TPSA) is 77.0 Å². The second kappa shape index (κ2) is 8.98. The van der Waals surface area contributed by atoms with E-state index >= 15 is 0 Å². The van der Waals surface area contributed by atoms with Gasteiger partial charge >= 0.3 is 5.97 Å². The highest BCUT2D eigenvalue weighted by molar-refractivity contribution is 9.10. The number of carbonyl (C=O) groups excluding carboxylic acids is 2. The number of nitrogens with zero attached hydrogens (tertiary/aromatic N) is 1. The number of ether oxygens (including phenoxy) is 2. The zero-order valence-electron chi connectivity index (χ0n) is 13.8. The molecule has 130 valence electrons. The molecule has 1 N–H and O–H groups in total. The van der Waals surface area contributed by atoms with Gasteiger partial charge in [-0.2, -0.15) is 5.10 Å². The number of hydrazone groups is 1. The van der Waals surface area contributed by atoms with Crippen molar-refractivity contribution in [3.05, 3.63) is 63.6 Å². The van der Waals surface area contributed by atoms with Crippen LogP contribution in [-0.4, -0.2) is 31.8 Å². The van der Waals surface area contributed by atoms with Gasteiger partial charge < -0.3 is 9.47 Å². The van der Waals surface area contributed by atoms with Gasteiger partial charge in [0.15, 0.2) is 6.61 Å². The molecule has 0 radical (unpaired) electrons. The predicted octanol–water partition coefficient (Wildman–Crippen LogP) is 3.07. The van der Waals surface area contributed by atoms with E-state index in [9.17, 15) is 9.59 Å². The molecule has 0 saturated carbocycles. The van der Waals surface area contributed by atoms with Crippen LogP contribution in [0.5, 0.6) is 5.75 Å². The fraction of sp³-hybridized carbons (Fsp3) is 0.167. The maximum absolute atomic E-state index is 12.1. The standard InChI is InChI=1S/C18H17BrN2O4/c1-12-5-3-4-6-14(12)18(23)21-20-10-13-7-8-16(15(19)9-13)25-11-17(22)24-2/h3-10H,11H2,1-2H3,(H,21,23)/b20-10+. The van der Waals surface area contributed by atoms with Crippen molar-refractivity contribution in [2.75, 3.05) is 13.7 Å². The average molecular weight is 405 g/mol. The summed E-state index contributed by atoms with van der Waals surface area (Å²) in [6.07, 6.45) is 1.52. The van der Waals surface area contributed by atoms with Gasteiger partial charge in [0, 0.05) is 5.56 Å². The second-order valence-corrected chi connectivity index (χ2v) is 5.92. The Morgan fingerprint density at radius 3 is 2.68 bits per heavy atom. The Morgan fingerprint density at radius 1 is 1.24 bits per heavy atom. The number of benzene rings is 2. The van der Waals surface area contributed by atoms with Crippen LogP contribution in [0.3, 0.4) is 0 Å². The Labute approximate surface area is 154 Å². The summed E-state index contributed by atoms with van der Waals surface area (Å²) in [5.74, 6) is -0.227. The molecular weight excluding hydrogens is 388 g/mol. The van der Waals surface area contributed by atoms with Crippen LogP contribution in [-0.2, 0) is 9.53 Å². The zero-order chi connectivity index (χ0) is 18.2. The van der Waals surface area contributed by atoms with Gasteiger partial charge in [0.05, 0.1) is 17.8 Å². The van der Waals surface area contributed by atoms with Gasteiger partial charge in [-0.15, -0.1) is 0 Å². The Morgan fingerprint density at radius 2 is 2.00 bits per heavy atom. The van der Waals surface area contributed by atoms with E-state index in [2.05, 4.69) is 31.2 Å². The Bertz CT molecular complexity index is 805. The van der Waals surface area contributed by atoms with Crippen LogP contribution >= 0.6 is 15.9 Å². The summed E-state index contributed by atoms with van der Waals surface area (Å²) in [4.78, 5) is 23.1. The van der Waals surface area contributed by atoms with Crippen molar-refractivity contribution in [2.45, 2.75) is 6.92 Å². The lowest BCUT2D eigenvalue weighted by molar-refractivity contribution is -0.142. The molecule has 1 amide bonds. The largest absolute Gasteiger partial charge is 0.481 e. The van der Waals surface area contributed by atoms with Crippen LogP contribution < -0.4 is 10.2 Å². The van der Waals surface area contributed by atoms with Crippen molar-refractivity contribution in [1.29, 1.82) is 0 Å².